The Morgan fingerprint density at radius 3 is 2.76 bits per heavy atom. The first-order valence-corrected chi connectivity index (χ1v) is 7.51. The zero-order chi connectivity index (χ0) is 15.2. The molecular formula is C14H16N2O4S. The van der Waals surface area contributed by atoms with E-state index < -0.39 is 18.1 Å². The van der Waals surface area contributed by atoms with Crippen LogP contribution in [0.2, 0.25) is 0 Å². The van der Waals surface area contributed by atoms with Crippen LogP contribution in [0.4, 0.5) is 0 Å². The van der Waals surface area contributed by atoms with Crippen molar-refractivity contribution < 1.29 is 19.8 Å². The number of hydrogen-bond donors (Lipinski definition) is 3. The first-order valence-electron chi connectivity index (χ1n) is 6.52. The van der Waals surface area contributed by atoms with E-state index in [1.807, 2.05) is 30.3 Å². The molecule has 1 aromatic carbocycles. The van der Waals surface area contributed by atoms with Crippen molar-refractivity contribution in [3.8, 4) is 0 Å². The Morgan fingerprint density at radius 1 is 1.38 bits per heavy atom. The van der Waals surface area contributed by atoms with E-state index >= 15 is 0 Å². The zero-order valence-electron chi connectivity index (χ0n) is 11.2. The fraction of sp³-hybridized carbons (Fsp3) is 0.357. The van der Waals surface area contributed by atoms with Gasteiger partial charge < -0.3 is 15.5 Å². The summed E-state index contributed by atoms with van der Waals surface area (Å²) in [7, 11) is 0. The quantitative estimate of drug-likeness (QED) is 0.711. The molecule has 7 heteroatoms. The molecule has 0 spiro atoms. The number of rotatable bonds is 6. The maximum absolute atomic E-state index is 11.9. The van der Waals surface area contributed by atoms with Crippen molar-refractivity contribution in [1.82, 2.24) is 5.32 Å². The maximum atomic E-state index is 11.9. The number of aliphatic hydroxyl groups is 1. The summed E-state index contributed by atoms with van der Waals surface area (Å²) in [6.45, 7) is 0.115. The van der Waals surface area contributed by atoms with Gasteiger partial charge in [0.15, 0.2) is 6.10 Å². The third-order valence-corrected chi connectivity index (χ3v) is 4.07. The normalized spacial score (nSPS) is 18.9. The second-order valence-corrected chi connectivity index (χ2v) is 5.57. The first-order chi connectivity index (χ1) is 10.1. The molecule has 0 radical (unpaired) electrons. The lowest BCUT2D eigenvalue weighted by molar-refractivity contribution is -0.147. The summed E-state index contributed by atoms with van der Waals surface area (Å²) in [5, 5.41) is 21.1. The monoisotopic (exact) mass is 308 g/mol. The third-order valence-electron chi connectivity index (χ3n) is 2.98. The zero-order valence-corrected chi connectivity index (χ0v) is 12.0. The van der Waals surface area contributed by atoms with Crippen molar-refractivity contribution in [1.29, 1.82) is 0 Å². The highest BCUT2D eigenvalue weighted by molar-refractivity contribution is 8.14. The molecule has 6 nitrogen and oxygen atoms in total. The van der Waals surface area contributed by atoms with Crippen LogP contribution in [0.1, 0.15) is 12.0 Å². The second-order valence-electron chi connectivity index (χ2n) is 4.56. The topological polar surface area (TPSA) is 99.0 Å². The van der Waals surface area contributed by atoms with Gasteiger partial charge in [0.1, 0.15) is 6.04 Å². The highest BCUT2D eigenvalue weighted by Gasteiger charge is 2.25. The molecule has 0 saturated carbocycles. The molecule has 1 aromatic rings. The van der Waals surface area contributed by atoms with Crippen molar-refractivity contribution in [2.45, 2.75) is 18.6 Å². The van der Waals surface area contributed by atoms with E-state index in [9.17, 15) is 9.59 Å². The second kappa shape index (κ2) is 7.24. The summed E-state index contributed by atoms with van der Waals surface area (Å²) in [5.41, 5.74) is 0.985. The van der Waals surface area contributed by atoms with Gasteiger partial charge in [-0.1, -0.05) is 30.3 Å². The van der Waals surface area contributed by atoms with Crippen LogP contribution in [0, 0.1) is 0 Å². The number of aliphatic imine (C=N–C) groups is 1. The van der Waals surface area contributed by atoms with Crippen molar-refractivity contribution in [2.24, 2.45) is 4.99 Å². The molecule has 0 aromatic heterocycles. The van der Waals surface area contributed by atoms with Crippen LogP contribution < -0.4 is 5.32 Å². The number of hydrogen-bond acceptors (Lipinski definition) is 5. The van der Waals surface area contributed by atoms with Crippen molar-refractivity contribution >= 4 is 28.7 Å². The van der Waals surface area contributed by atoms with Crippen molar-refractivity contribution in [3.63, 3.8) is 0 Å². The lowest BCUT2D eigenvalue weighted by Crippen LogP contribution is -2.36. The molecule has 1 aliphatic heterocycles. The summed E-state index contributed by atoms with van der Waals surface area (Å²) >= 11 is 1.52. The van der Waals surface area contributed by atoms with E-state index in [2.05, 4.69) is 10.3 Å². The van der Waals surface area contributed by atoms with Crippen LogP contribution in [0.15, 0.2) is 35.3 Å². The van der Waals surface area contributed by atoms with Crippen LogP contribution in [0.5, 0.6) is 0 Å². The van der Waals surface area contributed by atoms with Gasteiger partial charge in [-0.05, 0) is 0 Å². The number of amides is 1. The molecule has 2 rings (SSSR count). The molecule has 1 aliphatic rings. The van der Waals surface area contributed by atoms with E-state index in [0.717, 1.165) is 10.6 Å². The molecule has 3 N–H and O–H groups in total. The predicted octanol–water partition coefficient (Wildman–Crippen LogP) is 0.500. The molecule has 0 fully saturated rings. The summed E-state index contributed by atoms with van der Waals surface area (Å²) in [4.78, 5) is 26.7. The van der Waals surface area contributed by atoms with E-state index in [4.69, 9.17) is 10.2 Å². The number of thioether (sulfide) groups is 1. The van der Waals surface area contributed by atoms with Crippen molar-refractivity contribution in [3.05, 3.63) is 35.9 Å². The van der Waals surface area contributed by atoms with Crippen LogP contribution in [-0.4, -0.2) is 51.6 Å². The first kappa shape index (κ1) is 15.5. The molecule has 1 heterocycles. The Kier molecular flexibility index (Phi) is 5.35. The number of carbonyl (C=O) groups is 2. The van der Waals surface area contributed by atoms with Gasteiger partial charge >= 0.3 is 5.97 Å². The SMILES string of the molecule is O=C(O)C(O)CCNC(=O)C1CSC(c2ccccc2)=N1. The smallest absolute Gasteiger partial charge is 0.332 e. The average Bonchev–Trinajstić information content (AvgIpc) is 2.97. The van der Waals surface area contributed by atoms with E-state index in [0.29, 0.717) is 5.75 Å². The van der Waals surface area contributed by atoms with Gasteiger partial charge in [0.05, 0.1) is 5.04 Å². The van der Waals surface area contributed by atoms with Crippen LogP contribution in [-0.2, 0) is 9.59 Å². The molecule has 21 heavy (non-hydrogen) atoms. The minimum absolute atomic E-state index is 0.0177. The summed E-state index contributed by atoms with van der Waals surface area (Å²) in [6.07, 6.45) is -1.47. The van der Waals surface area contributed by atoms with Gasteiger partial charge in [-0.25, -0.2) is 4.79 Å². The standard InChI is InChI=1S/C14H16N2O4S/c17-11(14(19)20)6-7-15-12(18)10-8-21-13(16-10)9-4-2-1-3-5-9/h1-5,10-11,17H,6-8H2,(H,15,18)(H,19,20). The molecule has 0 aliphatic carbocycles. The lowest BCUT2D eigenvalue weighted by atomic mass is 10.2. The number of benzene rings is 1. The average molecular weight is 308 g/mol. The van der Waals surface area contributed by atoms with Gasteiger partial charge in [0, 0.05) is 24.3 Å². The number of aliphatic carboxylic acids is 1. The minimum atomic E-state index is -1.45. The molecule has 2 unspecified atom stereocenters. The van der Waals surface area contributed by atoms with Gasteiger partial charge in [-0.15, -0.1) is 11.8 Å². The number of aliphatic hydroxyl groups excluding tert-OH is 1. The molecule has 1 amide bonds. The Labute approximate surface area is 126 Å². The fourth-order valence-corrected chi connectivity index (χ4v) is 2.87. The highest BCUT2D eigenvalue weighted by atomic mass is 32.2. The maximum Gasteiger partial charge on any atom is 0.332 e. The Hall–Kier alpha value is -1.86. The van der Waals surface area contributed by atoms with Crippen LogP contribution in [0.25, 0.3) is 0 Å². The van der Waals surface area contributed by atoms with Gasteiger partial charge in [-0.3, -0.25) is 9.79 Å². The Balaban J connectivity index is 1.84. The molecule has 0 bridgehead atoms. The number of carboxylic acids is 1. The highest BCUT2D eigenvalue weighted by Crippen LogP contribution is 2.23. The fourth-order valence-electron chi connectivity index (χ4n) is 1.82. The predicted molar refractivity (Wildman–Crippen MR) is 80.5 cm³/mol. The largest absolute Gasteiger partial charge is 0.479 e. The molecule has 2 atom stereocenters. The van der Waals surface area contributed by atoms with Gasteiger partial charge in [-0.2, -0.15) is 0 Å². The van der Waals surface area contributed by atoms with Crippen molar-refractivity contribution in [2.75, 3.05) is 12.3 Å². The minimum Gasteiger partial charge on any atom is -0.479 e. The third kappa shape index (κ3) is 4.30. The van der Waals surface area contributed by atoms with Gasteiger partial charge in [0.25, 0.3) is 0 Å². The number of nitrogens with zero attached hydrogens (tertiary/aromatic N) is 1. The number of nitrogens with one attached hydrogen (secondary N) is 1. The Bertz CT molecular complexity index is 547. The van der Waals surface area contributed by atoms with E-state index in [1.54, 1.807) is 0 Å². The van der Waals surface area contributed by atoms with Gasteiger partial charge in [0.2, 0.25) is 5.91 Å². The molecular weight excluding hydrogens is 292 g/mol. The Morgan fingerprint density at radius 2 is 2.10 bits per heavy atom. The van der Waals surface area contributed by atoms with E-state index in [-0.39, 0.29) is 18.9 Å². The summed E-state index contributed by atoms with van der Waals surface area (Å²) in [6, 6.07) is 9.16. The molecule has 112 valence electrons. The summed E-state index contributed by atoms with van der Waals surface area (Å²) < 4.78 is 0. The summed E-state index contributed by atoms with van der Waals surface area (Å²) in [5.74, 6) is -0.964. The van der Waals surface area contributed by atoms with Crippen LogP contribution >= 0.6 is 11.8 Å². The lowest BCUT2D eigenvalue weighted by Gasteiger charge is -2.09. The number of carbonyl (C=O) groups excluding carboxylic acids is 1. The number of carboxylic acid groups (broad SMARTS) is 1. The van der Waals surface area contributed by atoms with Crippen LogP contribution in [0.3, 0.4) is 0 Å². The van der Waals surface area contributed by atoms with E-state index in [1.165, 1.54) is 11.8 Å². The molecule has 0 saturated heterocycles.